The maximum absolute atomic E-state index is 5.68. The third kappa shape index (κ3) is 1.94. The van der Waals surface area contributed by atoms with Crippen molar-refractivity contribution in [2.45, 2.75) is 6.61 Å². The van der Waals surface area contributed by atoms with Crippen LogP contribution in [0.4, 0.5) is 5.69 Å². The highest BCUT2D eigenvalue weighted by atomic mass is 16.5. The van der Waals surface area contributed by atoms with E-state index in [-0.39, 0.29) is 0 Å². The Bertz CT molecular complexity index is 628. The molecule has 0 bridgehead atoms. The SMILES string of the molecule is Nc1ccc2nc(OCc3ccco3)[nH]c2c1. The number of aromatic nitrogens is 2. The first-order valence-electron chi connectivity index (χ1n) is 5.22. The first-order chi connectivity index (χ1) is 8.31. The number of hydrogen-bond acceptors (Lipinski definition) is 4. The number of benzene rings is 1. The zero-order valence-electron chi connectivity index (χ0n) is 9.01. The van der Waals surface area contributed by atoms with Crippen LogP contribution in [-0.4, -0.2) is 9.97 Å². The van der Waals surface area contributed by atoms with Gasteiger partial charge in [0, 0.05) is 5.69 Å². The fourth-order valence-electron chi connectivity index (χ4n) is 1.61. The van der Waals surface area contributed by atoms with Gasteiger partial charge in [0.05, 0.1) is 17.3 Å². The van der Waals surface area contributed by atoms with Crippen molar-refractivity contribution in [1.29, 1.82) is 0 Å². The first-order valence-corrected chi connectivity index (χ1v) is 5.22. The minimum absolute atomic E-state index is 0.350. The van der Waals surface area contributed by atoms with Crippen LogP contribution in [0.1, 0.15) is 5.76 Å². The number of hydrogen-bond donors (Lipinski definition) is 2. The number of nitrogens with two attached hydrogens (primary N) is 1. The fourth-order valence-corrected chi connectivity index (χ4v) is 1.61. The summed E-state index contributed by atoms with van der Waals surface area (Å²) >= 11 is 0. The lowest BCUT2D eigenvalue weighted by molar-refractivity contribution is 0.253. The number of furan rings is 1. The number of nitrogen functional groups attached to an aromatic ring is 1. The normalized spacial score (nSPS) is 10.8. The number of anilines is 1. The van der Waals surface area contributed by atoms with Gasteiger partial charge in [0.25, 0.3) is 6.01 Å². The quantitative estimate of drug-likeness (QED) is 0.675. The lowest BCUT2D eigenvalue weighted by atomic mass is 10.3. The Labute approximate surface area is 97.2 Å². The van der Waals surface area contributed by atoms with Crippen molar-refractivity contribution in [3.8, 4) is 6.01 Å². The molecule has 0 spiro atoms. The smallest absolute Gasteiger partial charge is 0.295 e. The molecule has 2 aromatic heterocycles. The zero-order valence-corrected chi connectivity index (χ0v) is 9.01. The first kappa shape index (κ1) is 9.77. The van der Waals surface area contributed by atoms with Gasteiger partial charge in [-0.25, -0.2) is 0 Å². The summed E-state index contributed by atoms with van der Waals surface area (Å²) in [5.41, 5.74) is 8.06. The molecule has 3 aromatic rings. The Balaban J connectivity index is 1.81. The van der Waals surface area contributed by atoms with E-state index >= 15 is 0 Å². The predicted octanol–water partition coefficient (Wildman–Crippen LogP) is 2.32. The van der Waals surface area contributed by atoms with E-state index in [1.165, 1.54) is 0 Å². The number of aromatic amines is 1. The van der Waals surface area contributed by atoms with Crippen LogP contribution in [0.25, 0.3) is 11.0 Å². The minimum atomic E-state index is 0.350. The molecule has 0 unspecified atom stereocenters. The number of rotatable bonds is 3. The van der Waals surface area contributed by atoms with Crippen LogP contribution in [0, 0.1) is 0 Å². The summed E-state index contributed by atoms with van der Waals surface area (Å²) in [4.78, 5) is 7.32. The molecule has 3 N–H and O–H groups in total. The average Bonchev–Trinajstić information content (AvgIpc) is 2.94. The van der Waals surface area contributed by atoms with Crippen molar-refractivity contribution in [2.24, 2.45) is 0 Å². The van der Waals surface area contributed by atoms with E-state index in [4.69, 9.17) is 14.9 Å². The van der Waals surface area contributed by atoms with E-state index in [9.17, 15) is 0 Å². The molecule has 0 saturated heterocycles. The van der Waals surface area contributed by atoms with Crippen LogP contribution < -0.4 is 10.5 Å². The topological polar surface area (TPSA) is 77.1 Å². The number of ether oxygens (including phenoxy) is 1. The Hall–Kier alpha value is -2.43. The predicted molar refractivity (Wildman–Crippen MR) is 63.5 cm³/mol. The Morgan fingerprint density at radius 2 is 2.29 bits per heavy atom. The Morgan fingerprint density at radius 1 is 1.35 bits per heavy atom. The van der Waals surface area contributed by atoms with Crippen molar-refractivity contribution < 1.29 is 9.15 Å². The summed E-state index contributed by atoms with van der Waals surface area (Å²) in [6.07, 6.45) is 1.61. The van der Waals surface area contributed by atoms with Gasteiger partial charge in [-0.3, -0.25) is 0 Å². The van der Waals surface area contributed by atoms with Gasteiger partial charge < -0.3 is 19.9 Å². The molecule has 0 amide bonds. The molecule has 5 nitrogen and oxygen atoms in total. The molecule has 3 rings (SSSR count). The monoisotopic (exact) mass is 229 g/mol. The van der Waals surface area contributed by atoms with Crippen molar-refractivity contribution in [1.82, 2.24) is 9.97 Å². The van der Waals surface area contributed by atoms with Crippen LogP contribution in [0.3, 0.4) is 0 Å². The average molecular weight is 229 g/mol. The number of H-pyrrole nitrogens is 1. The van der Waals surface area contributed by atoms with E-state index in [1.54, 1.807) is 12.3 Å². The Morgan fingerprint density at radius 3 is 3.12 bits per heavy atom. The van der Waals surface area contributed by atoms with Gasteiger partial charge >= 0.3 is 0 Å². The molecule has 17 heavy (non-hydrogen) atoms. The summed E-state index contributed by atoms with van der Waals surface area (Å²) in [5, 5.41) is 0. The van der Waals surface area contributed by atoms with Gasteiger partial charge in [-0.15, -0.1) is 0 Å². The van der Waals surface area contributed by atoms with Gasteiger partial charge in [-0.1, -0.05) is 0 Å². The Kier molecular flexibility index (Phi) is 2.22. The summed E-state index contributed by atoms with van der Waals surface area (Å²) < 4.78 is 10.6. The molecule has 2 heterocycles. The third-order valence-electron chi connectivity index (χ3n) is 2.42. The standard InChI is InChI=1S/C12H11N3O2/c13-8-3-4-10-11(6-8)15-12(14-10)17-7-9-2-1-5-16-9/h1-6H,7,13H2,(H,14,15). The molecule has 0 radical (unpaired) electrons. The molecule has 0 aliphatic rings. The lowest BCUT2D eigenvalue weighted by Crippen LogP contribution is -1.94. The number of imidazole rings is 1. The van der Waals surface area contributed by atoms with Crippen LogP contribution in [0.15, 0.2) is 41.0 Å². The molecular formula is C12H11N3O2. The highest BCUT2D eigenvalue weighted by Gasteiger charge is 2.04. The summed E-state index contributed by atoms with van der Waals surface area (Å²) in [5.74, 6) is 0.755. The third-order valence-corrected chi connectivity index (χ3v) is 2.42. The zero-order chi connectivity index (χ0) is 11.7. The van der Waals surface area contributed by atoms with Crippen LogP contribution in [0.2, 0.25) is 0 Å². The van der Waals surface area contributed by atoms with E-state index in [2.05, 4.69) is 9.97 Å². The highest BCUT2D eigenvalue weighted by Crippen LogP contribution is 2.19. The van der Waals surface area contributed by atoms with Gasteiger partial charge in [-0.2, -0.15) is 4.98 Å². The second kappa shape index (κ2) is 3.86. The van der Waals surface area contributed by atoms with E-state index in [0.717, 1.165) is 16.8 Å². The van der Waals surface area contributed by atoms with E-state index in [1.807, 2.05) is 24.3 Å². The fraction of sp³-hybridized carbons (Fsp3) is 0.0833. The van der Waals surface area contributed by atoms with Gasteiger partial charge in [-0.05, 0) is 30.3 Å². The molecular weight excluding hydrogens is 218 g/mol. The molecule has 0 aliphatic carbocycles. The van der Waals surface area contributed by atoms with E-state index in [0.29, 0.717) is 18.3 Å². The maximum Gasteiger partial charge on any atom is 0.295 e. The van der Waals surface area contributed by atoms with Crippen molar-refractivity contribution in [3.05, 3.63) is 42.4 Å². The molecule has 86 valence electrons. The number of fused-ring (bicyclic) bond motifs is 1. The molecule has 0 aliphatic heterocycles. The minimum Gasteiger partial charge on any atom is -0.466 e. The summed E-state index contributed by atoms with van der Waals surface area (Å²) in [6.45, 7) is 0.350. The molecule has 0 saturated carbocycles. The molecule has 5 heteroatoms. The molecule has 1 aromatic carbocycles. The highest BCUT2D eigenvalue weighted by molar-refractivity contribution is 5.79. The van der Waals surface area contributed by atoms with Gasteiger partial charge in [0.15, 0.2) is 0 Å². The molecule has 0 fully saturated rings. The lowest BCUT2D eigenvalue weighted by Gasteiger charge is -1.97. The van der Waals surface area contributed by atoms with Crippen molar-refractivity contribution in [3.63, 3.8) is 0 Å². The van der Waals surface area contributed by atoms with Crippen molar-refractivity contribution >= 4 is 16.7 Å². The van der Waals surface area contributed by atoms with Crippen LogP contribution >= 0.6 is 0 Å². The number of nitrogens with one attached hydrogen (secondary N) is 1. The maximum atomic E-state index is 5.68. The summed E-state index contributed by atoms with van der Waals surface area (Å²) in [6, 6.07) is 9.60. The van der Waals surface area contributed by atoms with Crippen molar-refractivity contribution in [2.75, 3.05) is 5.73 Å². The van der Waals surface area contributed by atoms with E-state index < -0.39 is 0 Å². The van der Waals surface area contributed by atoms with Crippen LogP contribution in [0.5, 0.6) is 6.01 Å². The van der Waals surface area contributed by atoms with Gasteiger partial charge in [0.1, 0.15) is 12.4 Å². The number of nitrogens with zero attached hydrogens (tertiary/aromatic N) is 1. The molecule has 0 atom stereocenters. The summed E-state index contributed by atoms with van der Waals surface area (Å²) in [7, 11) is 0. The van der Waals surface area contributed by atoms with Crippen LogP contribution in [-0.2, 0) is 6.61 Å². The second-order valence-corrected chi connectivity index (χ2v) is 3.69. The largest absolute Gasteiger partial charge is 0.466 e. The van der Waals surface area contributed by atoms with Gasteiger partial charge in [0.2, 0.25) is 0 Å². The second-order valence-electron chi connectivity index (χ2n) is 3.69.